The van der Waals surface area contributed by atoms with Crippen molar-refractivity contribution in [2.24, 2.45) is 0 Å². The molecule has 1 aliphatic carbocycles. The Morgan fingerprint density at radius 1 is 1.25 bits per heavy atom. The van der Waals surface area contributed by atoms with Crippen molar-refractivity contribution in [2.45, 2.75) is 56.5 Å². The molecule has 0 aliphatic heterocycles. The van der Waals surface area contributed by atoms with Gasteiger partial charge >= 0.3 is 0 Å². The van der Waals surface area contributed by atoms with Crippen LogP contribution in [0.5, 0.6) is 0 Å². The van der Waals surface area contributed by atoms with Crippen LogP contribution in [0.3, 0.4) is 0 Å². The van der Waals surface area contributed by atoms with Crippen molar-refractivity contribution in [3.63, 3.8) is 0 Å². The molecule has 0 saturated heterocycles. The van der Waals surface area contributed by atoms with Crippen molar-refractivity contribution in [3.8, 4) is 11.8 Å². The van der Waals surface area contributed by atoms with E-state index in [4.69, 9.17) is 0 Å². The molecule has 0 aromatic rings. The van der Waals surface area contributed by atoms with Gasteiger partial charge in [0, 0.05) is 5.25 Å². The van der Waals surface area contributed by atoms with Crippen LogP contribution in [0.1, 0.15) is 46.0 Å². The highest BCUT2D eigenvalue weighted by Crippen LogP contribution is 2.30. The number of rotatable bonds is 2. The highest BCUT2D eigenvalue weighted by molar-refractivity contribution is 8.00. The fraction of sp³-hybridized carbons (Fsp3) is 0.818. The SMILES string of the molecule is CC#CC(C)SC1CCCCC1. The summed E-state index contributed by atoms with van der Waals surface area (Å²) < 4.78 is 0. The minimum Gasteiger partial charge on any atom is -0.142 e. The van der Waals surface area contributed by atoms with Crippen molar-refractivity contribution in [3.05, 3.63) is 0 Å². The summed E-state index contributed by atoms with van der Waals surface area (Å²) in [6, 6.07) is 0. The van der Waals surface area contributed by atoms with Gasteiger partial charge in [-0.25, -0.2) is 0 Å². The fourth-order valence-electron chi connectivity index (χ4n) is 1.73. The van der Waals surface area contributed by atoms with E-state index in [0.717, 1.165) is 5.25 Å². The summed E-state index contributed by atoms with van der Waals surface area (Å²) in [7, 11) is 0. The van der Waals surface area contributed by atoms with Crippen LogP contribution in [0.15, 0.2) is 0 Å². The first-order chi connectivity index (χ1) is 5.83. The summed E-state index contributed by atoms with van der Waals surface area (Å²) in [6.07, 6.45) is 7.15. The second kappa shape index (κ2) is 5.54. The molecule has 68 valence electrons. The number of hydrogen-bond donors (Lipinski definition) is 0. The summed E-state index contributed by atoms with van der Waals surface area (Å²) in [5.41, 5.74) is 0. The molecule has 0 N–H and O–H groups in total. The molecule has 0 spiro atoms. The molecule has 1 rings (SSSR count). The maximum Gasteiger partial charge on any atom is 0.0631 e. The summed E-state index contributed by atoms with van der Waals surface area (Å²) in [5, 5.41) is 1.44. The molecule has 0 aromatic carbocycles. The van der Waals surface area contributed by atoms with Gasteiger partial charge in [0.1, 0.15) is 0 Å². The van der Waals surface area contributed by atoms with E-state index in [1.165, 1.54) is 32.1 Å². The number of thioether (sulfide) groups is 1. The first kappa shape index (κ1) is 9.99. The lowest BCUT2D eigenvalue weighted by Crippen LogP contribution is -2.11. The average Bonchev–Trinajstić information content (AvgIpc) is 2.06. The predicted molar refractivity (Wildman–Crippen MR) is 57.4 cm³/mol. The van der Waals surface area contributed by atoms with Gasteiger partial charge in [0.25, 0.3) is 0 Å². The molecular weight excluding hydrogens is 164 g/mol. The zero-order chi connectivity index (χ0) is 8.81. The van der Waals surface area contributed by atoms with E-state index < -0.39 is 0 Å². The lowest BCUT2D eigenvalue weighted by atomic mass is 10.0. The second-order valence-corrected chi connectivity index (χ2v) is 5.08. The van der Waals surface area contributed by atoms with Gasteiger partial charge in [0.05, 0.1) is 5.25 Å². The average molecular weight is 182 g/mol. The standard InChI is InChI=1S/C11H18S/c1-3-7-10(2)12-11-8-5-4-6-9-11/h10-11H,4-6,8-9H2,1-2H3. The molecule has 0 heterocycles. The topological polar surface area (TPSA) is 0 Å². The molecule has 1 fully saturated rings. The van der Waals surface area contributed by atoms with Crippen molar-refractivity contribution in [1.82, 2.24) is 0 Å². The van der Waals surface area contributed by atoms with Gasteiger partial charge in [-0.1, -0.05) is 25.2 Å². The zero-order valence-corrected chi connectivity index (χ0v) is 8.91. The third-order valence-electron chi connectivity index (χ3n) is 2.30. The number of hydrogen-bond acceptors (Lipinski definition) is 1. The van der Waals surface area contributed by atoms with E-state index in [1.54, 1.807) is 0 Å². The lowest BCUT2D eigenvalue weighted by molar-refractivity contribution is 0.515. The summed E-state index contributed by atoms with van der Waals surface area (Å²) in [6.45, 7) is 4.15. The maximum atomic E-state index is 3.21. The molecule has 1 unspecified atom stereocenters. The van der Waals surface area contributed by atoms with Crippen LogP contribution in [0.25, 0.3) is 0 Å². The molecule has 1 saturated carbocycles. The van der Waals surface area contributed by atoms with Crippen LogP contribution in [0.2, 0.25) is 0 Å². The van der Waals surface area contributed by atoms with Crippen LogP contribution < -0.4 is 0 Å². The minimum atomic E-state index is 0.540. The molecule has 0 radical (unpaired) electrons. The van der Waals surface area contributed by atoms with Crippen LogP contribution in [-0.4, -0.2) is 10.5 Å². The van der Waals surface area contributed by atoms with Crippen LogP contribution in [0, 0.1) is 11.8 Å². The van der Waals surface area contributed by atoms with E-state index in [-0.39, 0.29) is 0 Å². The van der Waals surface area contributed by atoms with E-state index in [2.05, 4.69) is 30.5 Å². The summed E-state index contributed by atoms with van der Waals surface area (Å²) in [5.74, 6) is 6.19. The van der Waals surface area contributed by atoms with Crippen molar-refractivity contribution < 1.29 is 0 Å². The predicted octanol–water partition coefficient (Wildman–Crippen LogP) is 3.46. The second-order valence-electron chi connectivity index (χ2n) is 3.43. The molecule has 0 aromatic heterocycles. The van der Waals surface area contributed by atoms with E-state index in [1.807, 2.05) is 6.92 Å². The largest absolute Gasteiger partial charge is 0.142 e. The maximum absolute atomic E-state index is 3.21. The normalized spacial score (nSPS) is 21.2. The monoisotopic (exact) mass is 182 g/mol. The van der Waals surface area contributed by atoms with Crippen LogP contribution in [-0.2, 0) is 0 Å². The fourth-order valence-corrected chi connectivity index (χ4v) is 3.10. The molecule has 1 heteroatoms. The molecule has 0 nitrogen and oxygen atoms in total. The van der Waals surface area contributed by atoms with E-state index >= 15 is 0 Å². The molecule has 0 bridgehead atoms. The Labute approximate surface area is 80.5 Å². The van der Waals surface area contributed by atoms with Crippen molar-refractivity contribution >= 4 is 11.8 Å². The van der Waals surface area contributed by atoms with Gasteiger partial charge in [-0.2, -0.15) is 0 Å². The van der Waals surface area contributed by atoms with Gasteiger partial charge < -0.3 is 0 Å². The van der Waals surface area contributed by atoms with Crippen molar-refractivity contribution in [2.75, 3.05) is 0 Å². The molecule has 1 atom stereocenters. The van der Waals surface area contributed by atoms with Crippen molar-refractivity contribution in [1.29, 1.82) is 0 Å². The van der Waals surface area contributed by atoms with Gasteiger partial charge in [0.2, 0.25) is 0 Å². The molecule has 0 amide bonds. The Hall–Kier alpha value is -0.0900. The highest BCUT2D eigenvalue weighted by Gasteiger charge is 2.15. The van der Waals surface area contributed by atoms with E-state index in [9.17, 15) is 0 Å². The lowest BCUT2D eigenvalue weighted by Gasteiger charge is -2.22. The molecule has 1 aliphatic rings. The van der Waals surface area contributed by atoms with E-state index in [0.29, 0.717) is 5.25 Å². The summed E-state index contributed by atoms with van der Waals surface area (Å²) in [4.78, 5) is 0. The quantitative estimate of drug-likeness (QED) is 0.589. The first-order valence-electron chi connectivity index (χ1n) is 4.90. The Balaban J connectivity index is 2.22. The minimum absolute atomic E-state index is 0.540. The summed E-state index contributed by atoms with van der Waals surface area (Å²) >= 11 is 2.07. The third kappa shape index (κ3) is 3.54. The Kier molecular flexibility index (Phi) is 4.61. The zero-order valence-electron chi connectivity index (χ0n) is 8.10. The Bertz CT molecular complexity index is 169. The smallest absolute Gasteiger partial charge is 0.0631 e. The van der Waals surface area contributed by atoms with Gasteiger partial charge in [0.15, 0.2) is 0 Å². The van der Waals surface area contributed by atoms with Gasteiger partial charge in [-0.3, -0.25) is 0 Å². The van der Waals surface area contributed by atoms with Crippen LogP contribution in [0.4, 0.5) is 0 Å². The van der Waals surface area contributed by atoms with Gasteiger partial charge in [-0.15, -0.1) is 17.7 Å². The van der Waals surface area contributed by atoms with Crippen LogP contribution >= 0.6 is 11.8 Å². The molecule has 12 heavy (non-hydrogen) atoms. The third-order valence-corrected chi connectivity index (χ3v) is 3.68. The molecular formula is C11H18S. The highest BCUT2D eigenvalue weighted by atomic mass is 32.2. The van der Waals surface area contributed by atoms with Gasteiger partial charge in [-0.05, 0) is 26.7 Å². The Morgan fingerprint density at radius 2 is 1.92 bits per heavy atom. The first-order valence-corrected chi connectivity index (χ1v) is 5.85. The Morgan fingerprint density at radius 3 is 2.50 bits per heavy atom.